The Balaban J connectivity index is 1.55. The fourth-order valence-corrected chi connectivity index (χ4v) is 5.37. The molecule has 3 aliphatic rings. The van der Waals surface area contributed by atoms with Crippen molar-refractivity contribution in [3.63, 3.8) is 0 Å². The lowest BCUT2D eigenvalue weighted by molar-refractivity contribution is -0.354. The highest BCUT2D eigenvalue weighted by atomic mass is 16.8. The van der Waals surface area contributed by atoms with E-state index in [0.717, 1.165) is 0 Å². The summed E-state index contributed by atoms with van der Waals surface area (Å²) in [6, 6.07) is 5.40. The van der Waals surface area contributed by atoms with E-state index in [-0.39, 0.29) is 33.8 Å². The number of phenolic OH excluding ortho intramolecular Hbond substituents is 1. The van der Waals surface area contributed by atoms with E-state index in [0.29, 0.717) is 5.56 Å². The minimum absolute atomic E-state index is 0.0171. The zero-order valence-corrected chi connectivity index (χ0v) is 22.8. The van der Waals surface area contributed by atoms with Crippen LogP contribution < -0.4 is 9.47 Å². The molecule has 0 bridgehead atoms. The molecule has 5 rings (SSSR count). The van der Waals surface area contributed by atoms with Crippen LogP contribution in [0.5, 0.6) is 17.2 Å². The van der Waals surface area contributed by atoms with Gasteiger partial charge in [-0.15, -0.1) is 0 Å². The number of aromatic hydroxyl groups is 1. The molecule has 0 spiro atoms. The number of phenols is 1. The number of hydrogen-bond acceptors (Lipinski definition) is 14. The number of aliphatic hydroxyl groups excluding tert-OH is 6. The molecule has 14 heteroatoms. The second kappa shape index (κ2) is 11.5. The predicted octanol–water partition coefficient (Wildman–Crippen LogP) is -1.48. The van der Waals surface area contributed by atoms with Crippen LogP contribution in [0.3, 0.4) is 0 Å². The first kappa shape index (κ1) is 30.3. The lowest BCUT2D eigenvalue weighted by Gasteiger charge is -2.45. The fourth-order valence-electron chi connectivity index (χ4n) is 5.37. The summed E-state index contributed by atoms with van der Waals surface area (Å²) in [5, 5.41) is 72.5. The number of ether oxygens (including phenoxy) is 5. The van der Waals surface area contributed by atoms with E-state index in [1.54, 1.807) is 6.92 Å². The van der Waals surface area contributed by atoms with Crippen molar-refractivity contribution >= 4 is 11.6 Å². The maximum atomic E-state index is 13.7. The maximum Gasteiger partial charge on any atom is 0.229 e. The van der Waals surface area contributed by atoms with E-state index in [1.807, 2.05) is 0 Å². The summed E-state index contributed by atoms with van der Waals surface area (Å²) in [6.45, 7) is 2.30. The summed E-state index contributed by atoms with van der Waals surface area (Å²) >= 11 is 0. The molecule has 7 N–H and O–H groups in total. The third kappa shape index (κ3) is 5.04. The average molecular weight is 593 g/mol. The van der Waals surface area contributed by atoms with Gasteiger partial charge in [-0.3, -0.25) is 9.59 Å². The molecule has 14 nitrogen and oxygen atoms in total. The number of hydrogen-bond donors (Lipinski definition) is 7. The first-order chi connectivity index (χ1) is 19.9. The molecule has 2 saturated heterocycles. The third-order valence-electron chi connectivity index (χ3n) is 7.68. The molecule has 228 valence electrons. The first-order valence-electron chi connectivity index (χ1n) is 13.2. The van der Waals surface area contributed by atoms with Crippen LogP contribution in [0.2, 0.25) is 0 Å². The number of fused-ring (bicyclic) bond motifs is 2. The summed E-state index contributed by atoms with van der Waals surface area (Å²) in [5.74, 6) is -1.93. The molecule has 2 aromatic rings. The van der Waals surface area contributed by atoms with Crippen LogP contribution in [0.4, 0.5) is 0 Å². The van der Waals surface area contributed by atoms with Gasteiger partial charge >= 0.3 is 0 Å². The van der Waals surface area contributed by atoms with E-state index in [1.165, 1.54) is 38.3 Å². The van der Waals surface area contributed by atoms with Crippen molar-refractivity contribution in [3.8, 4) is 17.2 Å². The number of rotatable bonds is 6. The van der Waals surface area contributed by atoms with Crippen molar-refractivity contribution in [2.45, 2.75) is 75.3 Å². The fraction of sp³-hybridized carbons (Fsp3) is 0.500. The Kier molecular flexibility index (Phi) is 8.28. The molecule has 0 aromatic heterocycles. The monoisotopic (exact) mass is 592 g/mol. The highest BCUT2D eigenvalue weighted by molar-refractivity contribution is 6.30. The highest BCUT2D eigenvalue weighted by Crippen LogP contribution is 2.41. The minimum atomic E-state index is -1.82. The number of ketones is 2. The van der Waals surface area contributed by atoms with Gasteiger partial charge in [-0.05, 0) is 37.6 Å². The second-order valence-electron chi connectivity index (χ2n) is 10.5. The summed E-state index contributed by atoms with van der Waals surface area (Å²) in [6.07, 6.45) is -15.8. The summed E-state index contributed by atoms with van der Waals surface area (Å²) in [4.78, 5) is 27.2. The number of aryl methyl sites for hydroxylation is 1. The van der Waals surface area contributed by atoms with Gasteiger partial charge in [-0.25, -0.2) is 0 Å². The van der Waals surface area contributed by atoms with Crippen LogP contribution in [0.25, 0.3) is 0 Å². The molecule has 0 unspecified atom stereocenters. The van der Waals surface area contributed by atoms with Crippen molar-refractivity contribution in [1.82, 2.24) is 0 Å². The summed E-state index contributed by atoms with van der Waals surface area (Å²) in [7, 11) is 1.32. The van der Waals surface area contributed by atoms with Gasteiger partial charge in [-0.2, -0.15) is 0 Å². The van der Waals surface area contributed by atoms with Gasteiger partial charge in [0.25, 0.3) is 0 Å². The molecule has 1 aliphatic carbocycles. The Bertz CT molecular complexity index is 1380. The Morgan fingerprint density at radius 2 is 1.50 bits per heavy atom. The highest BCUT2D eigenvalue weighted by Gasteiger charge is 2.51. The van der Waals surface area contributed by atoms with Crippen molar-refractivity contribution in [2.75, 3.05) is 13.7 Å². The average Bonchev–Trinajstić information content (AvgIpc) is 2.96. The third-order valence-corrected chi connectivity index (χ3v) is 7.68. The Hall–Kier alpha value is -3.18. The molecule has 2 fully saturated rings. The van der Waals surface area contributed by atoms with Gasteiger partial charge in [0.15, 0.2) is 18.2 Å². The molecule has 0 radical (unpaired) electrons. The second-order valence-corrected chi connectivity index (χ2v) is 10.5. The van der Waals surface area contributed by atoms with Gasteiger partial charge in [0, 0.05) is 17.2 Å². The number of aliphatic hydroxyl groups is 6. The molecule has 42 heavy (non-hydrogen) atoms. The molecule has 0 amide bonds. The molecule has 2 aromatic carbocycles. The molecule has 10 atom stereocenters. The molecule has 2 heterocycles. The van der Waals surface area contributed by atoms with Crippen LogP contribution in [0, 0.1) is 6.92 Å². The Morgan fingerprint density at radius 1 is 0.810 bits per heavy atom. The van der Waals surface area contributed by atoms with E-state index >= 15 is 0 Å². The number of carbonyl (C=O) groups excluding carboxylic acids is 2. The van der Waals surface area contributed by atoms with Gasteiger partial charge in [-0.1, -0.05) is 0 Å². The van der Waals surface area contributed by atoms with Crippen LogP contribution in [0.15, 0.2) is 24.3 Å². The van der Waals surface area contributed by atoms with Crippen molar-refractivity contribution in [1.29, 1.82) is 0 Å². The van der Waals surface area contributed by atoms with Crippen LogP contribution >= 0.6 is 0 Å². The first-order valence-corrected chi connectivity index (χ1v) is 13.2. The van der Waals surface area contributed by atoms with Gasteiger partial charge in [0.05, 0.1) is 30.9 Å². The van der Waals surface area contributed by atoms with Crippen LogP contribution in [-0.2, 0) is 14.2 Å². The van der Waals surface area contributed by atoms with Crippen molar-refractivity contribution < 1.29 is 69.0 Å². The van der Waals surface area contributed by atoms with Gasteiger partial charge < -0.3 is 59.4 Å². The summed E-state index contributed by atoms with van der Waals surface area (Å²) < 4.78 is 28.2. The Labute approximate surface area is 239 Å². The lowest BCUT2D eigenvalue weighted by atomic mass is 9.82. The van der Waals surface area contributed by atoms with E-state index in [2.05, 4.69) is 0 Å². The van der Waals surface area contributed by atoms with E-state index in [4.69, 9.17) is 23.7 Å². The van der Waals surface area contributed by atoms with Gasteiger partial charge in [0.1, 0.15) is 53.9 Å². The summed E-state index contributed by atoms with van der Waals surface area (Å²) in [5.41, 5.74) is -0.0631. The molecule has 0 saturated carbocycles. The minimum Gasteiger partial charge on any atom is -0.507 e. The van der Waals surface area contributed by atoms with Gasteiger partial charge in [0.2, 0.25) is 12.1 Å². The SMILES string of the molecule is COc1cc(O[C@@H]2O[C@H](CO)[C@@H](O)[C@H](O)[C@H]2O[C@@H]2O[C@H](C)[C@H](O)[C@@H](O)[C@H]2O)c2c(c1)C(=O)c1cc(C)cc(O)c1C2=O. The molecule has 2 aliphatic heterocycles. The van der Waals surface area contributed by atoms with Crippen LogP contribution in [-0.4, -0.2) is 122 Å². The quantitative estimate of drug-likeness (QED) is 0.173. The molecular formula is C28H32O14. The van der Waals surface area contributed by atoms with E-state index in [9.17, 15) is 45.3 Å². The van der Waals surface area contributed by atoms with Crippen molar-refractivity contribution in [3.05, 3.63) is 52.1 Å². The van der Waals surface area contributed by atoms with Crippen LogP contribution in [0.1, 0.15) is 44.3 Å². The zero-order chi connectivity index (χ0) is 30.6. The Morgan fingerprint density at radius 3 is 2.17 bits per heavy atom. The predicted molar refractivity (Wildman–Crippen MR) is 138 cm³/mol. The number of benzene rings is 2. The largest absolute Gasteiger partial charge is 0.507 e. The smallest absolute Gasteiger partial charge is 0.229 e. The normalized spacial score (nSPS) is 34.5. The lowest BCUT2D eigenvalue weighted by Crippen LogP contribution is -2.64. The van der Waals surface area contributed by atoms with Crippen molar-refractivity contribution in [2.24, 2.45) is 0 Å². The zero-order valence-electron chi connectivity index (χ0n) is 22.8. The maximum absolute atomic E-state index is 13.7. The number of carbonyl (C=O) groups is 2. The molecular weight excluding hydrogens is 560 g/mol. The number of methoxy groups -OCH3 is 1. The standard InChI is InChI=1S/C28H32O14/c1-9-4-12-17(14(30)5-9)22(34)18-13(20(12)32)6-11(38-3)7-15(18)40-28-26(24(36)21(33)16(8-29)41-28)42-27-25(37)23(35)19(31)10(2)39-27/h4-7,10,16,19,21,23-31,33,35-37H,8H2,1-3H3/t10-,16-,19+,21-,23-,24+,25-,26-,27+,28-/m1/s1. The van der Waals surface area contributed by atoms with E-state index < -0.39 is 85.3 Å². The topological polar surface area (TPSA) is 222 Å².